The molecule has 0 aromatic heterocycles. The van der Waals surface area contributed by atoms with Crippen molar-refractivity contribution in [2.45, 2.75) is 26.2 Å². The lowest BCUT2D eigenvalue weighted by Crippen LogP contribution is -2.46. The molecule has 4 nitrogen and oxygen atoms in total. The number of hydrogen-bond acceptors (Lipinski definition) is 4. The molecule has 0 spiro atoms. The van der Waals surface area contributed by atoms with Gasteiger partial charge in [0.15, 0.2) is 11.5 Å². The number of piperazine rings is 1. The summed E-state index contributed by atoms with van der Waals surface area (Å²) in [5.41, 5.74) is 3.69. The monoisotopic (exact) mass is 404 g/mol. The standard InChI is InChI=1S/C16H18N2.C10H14O2/c1-3-7-15(8-4-1)17-11-13-18(14-12-17)16-9-5-2-6-10-16;1-10(2,3)7-4-5-8(11)9(12)6-7/h1-10H,11-14H2;4-6,11-12H,1-3H3. The van der Waals surface area contributed by atoms with Gasteiger partial charge in [0.2, 0.25) is 0 Å². The van der Waals surface area contributed by atoms with Crippen LogP contribution < -0.4 is 9.80 Å². The molecule has 0 unspecified atom stereocenters. The van der Waals surface area contributed by atoms with Crippen molar-refractivity contribution in [3.05, 3.63) is 84.4 Å². The second-order valence-electron chi connectivity index (χ2n) is 8.60. The van der Waals surface area contributed by atoms with Crippen molar-refractivity contribution < 1.29 is 10.2 Å². The van der Waals surface area contributed by atoms with Gasteiger partial charge in [-0.1, -0.05) is 63.2 Å². The van der Waals surface area contributed by atoms with Crippen molar-refractivity contribution in [3.8, 4) is 11.5 Å². The minimum atomic E-state index is -0.0667. The molecule has 0 saturated carbocycles. The number of phenolic OH excluding ortho intramolecular Hbond substituents is 2. The average molecular weight is 405 g/mol. The molecule has 30 heavy (non-hydrogen) atoms. The maximum Gasteiger partial charge on any atom is 0.157 e. The van der Waals surface area contributed by atoms with E-state index in [1.54, 1.807) is 6.07 Å². The quantitative estimate of drug-likeness (QED) is 0.561. The van der Waals surface area contributed by atoms with Gasteiger partial charge in [-0.15, -0.1) is 0 Å². The van der Waals surface area contributed by atoms with Crippen LogP contribution >= 0.6 is 0 Å². The second kappa shape index (κ2) is 9.57. The van der Waals surface area contributed by atoms with E-state index in [0.717, 1.165) is 31.7 Å². The first kappa shape index (κ1) is 21.6. The Morgan fingerprint density at radius 1 is 0.600 bits per heavy atom. The number of aromatic hydroxyl groups is 2. The Hall–Kier alpha value is -3.14. The van der Waals surface area contributed by atoms with Crippen LogP contribution in [0.25, 0.3) is 0 Å². The van der Waals surface area contributed by atoms with Crippen LogP contribution in [0.15, 0.2) is 78.9 Å². The summed E-state index contributed by atoms with van der Waals surface area (Å²) in [6.45, 7) is 10.5. The fourth-order valence-electron chi connectivity index (χ4n) is 3.49. The highest BCUT2D eigenvalue weighted by Gasteiger charge is 2.17. The Balaban J connectivity index is 0.000000187. The number of phenols is 2. The molecular weight excluding hydrogens is 372 g/mol. The molecule has 3 aromatic carbocycles. The van der Waals surface area contributed by atoms with Crippen molar-refractivity contribution in [2.75, 3.05) is 36.0 Å². The van der Waals surface area contributed by atoms with E-state index in [1.807, 2.05) is 6.07 Å². The SMILES string of the molecule is CC(C)(C)c1ccc(O)c(O)c1.c1ccc(N2CCN(c3ccccc3)CC2)cc1. The van der Waals surface area contributed by atoms with Crippen LogP contribution in [0.1, 0.15) is 26.3 Å². The highest BCUT2D eigenvalue weighted by Crippen LogP contribution is 2.31. The average Bonchev–Trinajstić information content (AvgIpc) is 2.77. The summed E-state index contributed by atoms with van der Waals surface area (Å²) in [4.78, 5) is 4.92. The van der Waals surface area contributed by atoms with E-state index >= 15 is 0 Å². The topological polar surface area (TPSA) is 46.9 Å². The summed E-state index contributed by atoms with van der Waals surface area (Å²) in [7, 11) is 0. The molecule has 0 aliphatic carbocycles. The fourth-order valence-corrected chi connectivity index (χ4v) is 3.49. The normalized spacial score (nSPS) is 14.1. The predicted octanol–water partition coefficient (Wildman–Crippen LogP) is 5.41. The van der Waals surface area contributed by atoms with Gasteiger partial charge < -0.3 is 20.0 Å². The van der Waals surface area contributed by atoms with Gasteiger partial charge in [-0.2, -0.15) is 0 Å². The zero-order valence-electron chi connectivity index (χ0n) is 18.1. The Morgan fingerprint density at radius 3 is 1.40 bits per heavy atom. The molecule has 3 aromatic rings. The molecule has 0 bridgehead atoms. The molecule has 4 rings (SSSR count). The maximum atomic E-state index is 9.21. The van der Waals surface area contributed by atoms with E-state index in [0.29, 0.717) is 0 Å². The van der Waals surface area contributed by atoms with Crippen molar-refractivity contribution >= 4 is 11.4 Å². The van der Waals surface area contributed by atoms with Crippen molar-refractivity contribution in [1.29, 1.82) is 0 Å². The maximum absolute atomic E-state index is 9.21. The third kappa shape index (κ3) is 5.69. The van der Waals surface area contributed by atoms with Crippen LogP contribution in [0.5, 0.6) is 11.5 Å². The number of para-hydroxylation sites is 2. The summed E-state index contributed by atoms with van der Waals surface area (Å²) in [5.74, 6) is -0.120. The lowest BCUT2D eigenvalue weighted by Gasteiger charge is -2.37. The smallest absolute Gasteiger partial charge is 0.157 e. The van der Waals surface area contributed by atoms with Crippen molar-refractivity contribution in [2.24, 2.45) is 0 Å². The van der Waals surface area contributed by atoms with E-state index in [2.05, 4.69) is 91.2 Å². The highest BCUT2D eigenvalue weighted by atomic mass is 16.3. The van der Waals surface area contributed by atoms with Crippen molar-refractivity contribution in [3.63, 3.8) is 0 Å². The first-order valence-corrected chi connectivity index (χ1v) is 10.5. The molecule has 1 fully saturated rings. The van der Waals surface area contributed by atoms with Gasteiger partial charge in [0.05, 0.1) is 0 Å². The number of anilines is 2. The zero-order chi connectivity index (χ0) is 21.6. The second-order valence-corrected chi connectivity index (χ2v) is 8.60. The number of benzene rings is 3. The van der Waals surface area contributed by atoms with Gasteiger partial charge in [0.1, 0.15) is 0 Å². The van der Waals surface area contributed by atoms with E-state index in [4.69, 9.17) is 5.11 Å². The Labute approximate surface area is 180 Å². The van der Waals surface area contributed by atoms with Gasteiger partial charge in [-0.25, -0.2) is 0 Å². The molecule has 0 atom stereocenters. The van der Waals surface area contributed by atoms with Gasteiger partial charge >= 0.3 is 0 Å². The third-order valence-electron chi connectivity index (χ3n) is 5.36. The van der Waals surface area contributed by atoms with Crippen LogP contribution in [0, 0.1) is 0 Å². The molecule has 1 heterocycles. The summed E-state index contributed by atoms with van der Waals surface area (Å²) >= 11 is 0. The molecule has 4 heteroatoms. The summed E-state index contributed by atoms with van der Waals surface area (Å²) in [6, 6.07) is 26.3. The van der Waals surface area contributed by atoms with Crippen LogP contribution in [-0.2, 0) is 5.41 Å². The van der Waals surface area contributed by atoms with E-state index in [9.17, 15) is 5.11 Å². The van der Waals surface area contributed by atoms with Gasteiger partial charge in [0, 0.05) is 37.6 Å². The molecule has 1 aliphatic heterocycles. The van der Waals surface area contributed by atoms with E-state index in [1.165, 1.54) is 17.4 Å². The summed E-state index contributed by atoms with van der Waals surface area (Å²) < 4.78 is 0. The molecular formula is C26H32N2O2. The minimum absolute atomic E-state index is 0.00514. The number of hydrogen-bond donors (Lipinski definition) is 2. The lowest BCUT2D eigenvalue weighted by molar-refractivity contribution is 0.401. The van der Waals surface area contributed by atoms with Crippen LogP contribution in [0.2, 0.25) is 0 Å². The first-order chi connectivity index (χ1) is 14.3. The number of rotatable bonds is 2. The Bertz CT molecular complexity index is 865. The van der Waals surface area contributed by atoms with Gasteiger partial charge in [-0.05, 0) is 47.4 Å². The molecule has 158 valence electrons. The fraction of sp³-hybridized carbons (Fsp3) is 0.308. The van der Waals surface area contributed by atoms with Crippen LogP contribution in [0.4, 0.5) is 11.4 Å². The summed E-state index contributed by atoms with van der Waals surface area (Å²) in [6.07, 6.45) is 0. The van der Waals surface area contributed by atoms with Crippen LogP contribution in [0.3, 0.4) is 0 Å². The van der Waals surface area contributed by atoms with Gasteiger partial charge in [0.25, 0.3) is 0 Å². The van der Waals surface area contributed by atoms with Gasteiger partial charge in [-0.3, -0.25) is 0 Å². The molecule has 2 N–H and O–H groups in total. The Morgan fingerprint density at radius 2 is 1.03 bits per heavy atom. The number of nitrogens with zero attached hydrogens (tertiary/aromatic N) is 2. The minimum Gasteiger partial charge on any atom is -0.504 e. The first-order valence-electron chi connectivity index (χ1n) is 10.5. The van der Waals surface area contributed by atoms with Crippen molar-refractivity contribution in [1.82, 2.24) is 0 Å². The predicted molar refractivity (Wildman–Crippen MR) is 126 cm³/mol. The van der Waals surface area contributed by atoms with E-state index in [-0.39, 0.29) is 16.9 Å². The largest absolute Gasteiger partial charge is 0.504 e. The zero-order valence-corrected chi connectivity index (χ0v) is 18.1. The highest BCUT2D eigenvalue weighted by molar-refractivity contribution is 5.51. The lowest BCUT2D eigenvalue weighted by atomic mass is 9.87. The molecule has 1 saturated heterocycles. The van der Waals surface area contributed by atoms with Crippen LogP contribution in [-0.4, -0.2) is 36.4 Å². The third-order valence-corrected chi connectivity index (χ3v) is 5.36. The molecule has 0 radical (unpaired) electrons. The Kier molecular flexibility index (Phi) is 6.88. The summed E-state index contributed by atoms with van der Waals surface area (Å²) in [5, 5.41) is 18.3. The molecule has 1 aliphatic rings. The molecule has 0 amide bonds. The van der Waals surface area contributed by atoms with E-state index < -0.39 is 0 Å².